The average molecular weight is 310 g/mol. The zero-order chi connectivity index (χ0) is 15.2. The van der Waals surface area contributed by atoms with E-state index in [0.29, 0.717) is 12.5 Å². The molecule has 2 unspecified atom stereocenters. The number of aryl methyl sites for hydroxylation is 1. The first-order valence-corrected chi connectivity index (χ1v) is 8.82. The molecule has 0 saturated heterocycles. The van der Waals surface area contributed by atoms with E-state index in [4.69, 9.17) is 5.73 Å². The minimum atomic E-state index is 0.0984. The van der Waals surface area contributed by atoms with Crippen molar-refractivity contribution in [2.24, 2.45) is 11.7 Å². The molecule has 1 fully saturated rings. The number of hydrogen-bond acceptors (Lipinski definition) is 5. The fourth-order valence-corrected chi connectivity index (χ4v) is 3.97. The molecule has 21 heavy (non-hydrogen) atoms. The molecule has 1 amide bonds. The van der Waals surface area contributed by atoms with E-state index in [0.717, 1.165) is 42.8 Å². The van der Waals surface area contributed by atoms with Crippen LogP contribution in [-0.2, 0) is 6.42 Å². The van der Waals surface area contributed by atoms with Crippen molar-refractivity contribution >= 4 is 17.4 Å². The molecule has 1 heterocycles. The van der Waals surface area contributed by atoms with Crippen LogP contribution in [0, 0.1) is 5.92 Å². The third kappa shape index (κ3) is 3.61. The van der Waals surface area contributed by atoms with Crippen molar-refractivity contribution in [3.8, 4) is 0 Å². The lowest BCUT2D eigenvalue weighted by molar-refractivity contribution is 0.0563. The van der Waals surface area contributed by atoms with Crippen molar-refractivity contribution in [2.75, 3.05) is 13.1 Å². The Kier molecular flexibility index (Phi) is 6.11. The Morgan fingerprint density at radius 2 is 2.14 bits per heavy atom. The molecule has 118 valence electrons. The molecular formula is C15H26N4OS. The van der Waals surface area contributed by atoms with Gasteiger partial charge in [-0.25, -0.2) is 0 Å². The quantitative estimate of drug-likeness (QED) is 0.876. The summed E-state index contributed by atoms with van der Waals surface area (Å²) in [7, 11) is 0. The van der Waals surface area contributed by atoms with Crippen molar-refractivity contribution in [1.29, 1.82) is 0 Å². The highest BCUT2D eigenvalue weighted by Crippen LogP contribution is 2.29. The number of amides is 1. The third-order valence-corrected chi connectivity index (χ3v) is 5.17. The summed E-state index contributed by atoms with van der Waals surface area (Å²) in [6, 6.07) is 0.276. The molecular weight excluding hydrogens is 284 g/mol. The van der Waals surface area contributed by atoms with E-state index in [2.05, 4.69) is 16.5 Å². The molecule has 2 N–H and O–H groups in total. The van der Waals surface area contributed by atoms with Crippen molar-refractivity contribution in [1.82, 2.24) is 14.5 Å². The van der Waals surface area contributed by atoms with Crippen LogP contribution in [0.4, 0.5) is 0 Å². The van der Waals surface area contributed by atoms with E-state index in [-0.39, 0.29) is 11.9 Å². The van der Waals surface area contributed by atoms with Crippen LogP contribution in [0.1, 0.15) is 61.3 Å². The highest BCUT2D eigenvalue weighted by atomic mass is 32.1. The number of carbonyl (C=O) groups excluding carboxylic acids is 1. The normalized spacial score (nSPS) is 22.2. The Morgan fingerprint density at radius 1 is 1.38 bits per heavy atom. The summed E-state index contributed by atoms with van der Waals surface area (Å²) in [5, 5.41) is 4.12. The highest BCUT2D eigenvalue weighted by Gasteiger charge is 2.33. The molecule has 1 aliphatic rings. The van der Waals surface area contributed by atoms with Gasteiger partial charge in [0.15, 0.2) is 0 Å². The highest BCUT2D eigenvalue weighted by molar-refractivity contribution is 7.08. The van der Waals surface area contributed by atoms with Crippen LogP contribution in [0.25, 0.3) is 0 Å². The first-order chi connectivity index (χ1) is 10.2. The zero-order valence-corrected chi connectivity index (χ0v) is 13.9. The van der Waals surface area contributed by atoms with Gasteiger partial charge in [-0.1, -0.05) is 30.7 Å². The predicted octanol–water partition coefficient (Wildman–Crippen LogP) is 2.47. The van der Waals surface area contributed by atoms with E-state index < -0.39 is 0 Å². The minimum absolute atomic E-state index is 0.0984. The second-order valence-corrected chi connectivity index (χ2v) is 6.49. The summed E-state index contributed by atoms with van der Waals surface area (Å²) in [5.74, 6) is 0.527. The molecule has 0 aliphatic heterocycles. The van der Waals surface area contributed by atoms with Crippen LogP contribution >= 0.6 is 11.5 Å². The Labute approximate surface area is 131 Å². The summed E-state index contributed by atoms with van der Waals surface area (Å²) in [6.45, 7) is 5.53. The van der Waals surface area contributed by atoms with E-state index in [1.54, 1.807) is 0 Å². The number of hydrogen-bond donors (Lipinski definition) is 1. The van der Waals surface area contributed by atoms with Crippen LogP contribution in [0.3, 0.4) is 0 Å². The summed E-state index contributed by atoms with van der Waals surface area (Å²) in [6.07, 6.45) is 6.41. The van der Waals surface area contributed by atoms with Gasteiger partial charge in [0.25, 0.3) is 5.91 Å². The van der Waals surface area contributed by atoms with Crippen molar-refractivity contribution in [3.63, 3.8) is 0 Å². The summed E-state index contributed by atoms with van der Waals surface area (Å²) in [5.41, 5.74) is 6.78. The largest absolute Gasteiger partial charge is 0.335 e. The van der Waals surface area contributed by atoms with Crippen molar-refractivity contribution in [3.05, 3.63) is 10.6 Å². The van der Waals surface area contributed by atoms with Crippen LogP contribution in [0.2, 0.25) is 0 Å². The topological polar surface area (TPSA) is 72.1 Å². The van der Waals surface area contributed by atoms with Crippen LogP contribution in [0.5, 0.6) is 0 Å². The van der Waals surface area contributed by atoms with Gasteiger partial charge in [-0.2, -0.15) is 0 Å². The maximum Gasteiger partial charge on any atom is 0.267 e. The Morgan fingerprint density at radius 3 is 2.81 bits per heavy atom. The van der Waals surface area contributed by atoms with Gasteiger partial charge in [0.05, 0.1) is 5.69 Å². The van der Waals surface area contributed by atoms with Gasteiger partial charge in [0, 0.05) is 12.6 Å². The average Bonchev–Trinajstić information content (AvgIpc) is 2.97. The number of rotatable bonds is 6. The number of aromatic nitrogens is 2. The van der Waals surface area contributed by atoms with E-state index in [1.165, 1.54) is 24.4 Å². The SMILES string of the molecule is CCCc1nnsc1C(=O)N(CC)C1CCCCC1CN. The summed E-state index contributed by atoms with van der Waals surface area (Å²) < 4.78 is 3.98. The first-order valence-electron chi connectivity index (χ1n) is 8.05. The van der Waals surface area contributed by atoms with E-state index in [9.17, 15) is 4.79 Å². The van der Waals surface area contributed by atoms with Crippen molar-refractivity contribution < 1.29 is 4.79 Å². The maximum absolute atomic E-state index is 12.9. The molecule has 0 bridgehead atoms. The van der Waals surface area contributed by atoms with Gasteiger partial charge in [-0.15, -0.1) is 5.10 Å². The first kappa shape index (κ1) is 16.4. The van der Waals surface area contributed by atoms with Gasteiger partial charge < -0.3 is 10.6 Å². The second kappa shape index (κ2) is 7.84. The third-order valence-electron chi connectivity index (χ3n) is 4.41. The maximum atomic E-state index is 12.9. The summed E-state index contributed by atoms with van der Waals surface area (Å²) >= 11 is 1.23. The fraction of sp³-hybridized carbons (Fsp3) is 0.800. The molecule has 2 rings (SSSR count). The minimum Gasteiger partial charge on any atom is -0.335 e. The molecule has 6 heteroatoms. The molecule has 0 spiro atoms. The Hall–Kier alpha value is -1.01. The van der Waals surface area contributed by atoms with Gasteiger partial charge >= 0.3 is 0 Å². The number of nitrogens with zero attached hydrogens (tertiary/aromatic N) is 3. The van der Waals surface area contributed by atoms with Gasteiger partial charge in [0.2, 0.25) is 0 Å². The molecule has 0 radical (unpaired) electrons. The monoisotopic (exact) mass is 310 g/mol. The van der Waals surface area contributed by atoms with Gasteiger partial charge in [-0.3, -0.25) is 4.79 Å². The molecule has 1 aliphatic carbocycles. The molecule has 5 nitrogen and oxygen atoms in total. The lowest BCUT2D eigenvalue weighted by Gasteiger charge is -2.39. The molecule has 2 atom stereocenters. The Bertz CT molecular complexity index is 462. The molecule has 0 aromatic carbocycles. The standard InChI is InChI=1S/C15H26N4OS/c1-3-7-12-14(21-18-17-12)15(20)19(4-2)13-9-6-5-8-11(13)10-16/h11,13H,3-10,16H2,1-2H3. The van der Waals surface area contributed by atoms with E-state index in [1.807, 2.05) is 11.8 Å². The molecule has 1 saturated carbocycles. The van der Waals surface area contributed by atoms with Gasteiger partial charge in [0.1, 0.15) is 4.88 Å². The fourth-order valence-electron chi connectivity index (χ4n) is 3.30. The van der Waals surface area contributed by atoms with Crippen LogP contribution in [-0.4, -0.2) is 39.5 Å². The lowest BCUT2D eigenvalue weighted by Crippen LogP contribution is -2.48. The smallest absolute Gasteiger partial charge is 0.267 e. The Balaban J connectivity index is 2.19. The zero-order valence-electron chi connectivity index (χ0n) is 13.0. The van der Waals surface area contributed by atoms with Crippen molar-refractivity contribution in [2.45, 2.75) is 58.4 Å². The van der Waals surface area contributed by atoms with Gasteiger partial charge in [-0.05, 0) is 50.2 Å². The second-order valence-electron chi connectivity index (χ2n) is 5.74. The summed E-state index contributed by atoms with van der Waals surface area (Å²) in [4.78, 5) is 15.6. The van der Waals surface area contributed by atoms with E-state index >= 15 is 0 Å². The molecule has 1 aromatic heterocycles. The lowest BCUT2D eigenvalue weighted by atomic mass is 9.83. The predicted molar refractivity (Wildman–Crippen MR) is 85.4 cm³/mol. The number of carbonyl (C=O) groups is 1. The number of nitrogens with two attached hydrogens (primary N) is 1. The molecule has 1 aromatic rings. The van der Waals surface area contributed by atoms with Crippen LogP contribution in [0.15, 0.2) is 0 Å². The van der Waals surface area contributed by atoms with Crippen LogP contribution < -0.4 is 5.73 Å².